The van der Waals surface area contributed by atoms with Gasteiger partial charge in [-0.15, -0.1) is 0 Å². The van der Waals surface area contributed by atoms with Gasteiger partial charge in [-0.05, 0) is 62.9 Å². The Labute approximate surface area is 145 Å². The van der Waals surface area contributed by atoms with Gasteiger partial charge in [-0.25, -0.2) is 0 Å². The minimum absolute atomic E-state index is 0.0889. The Bertz CT molecular complexity index is 694. The van der Waals surface area contributed by atoms with Crippen LogP contribution in [0.1, 0.15) is 42.9 Å². The first-order chi connectivity index (χ1) is 11.5. The number of ether oxygens (including phenoxy) is 1. The third kappa shape index (κ3) is 5.12. The van der Waals surface area contributed by atoms with Crippen molar-refractivity contribution in [3.05, 3.63) is 59.2 Å². The van der Waals surface area contributed by atoms with Crippen molar-refractivity contribution in [2.75, 3.05) is 5.32 Å². The van der Waals surface area contributed by atoms with Gasteiger partial charge < -0.3 is 10.1 Å². The maximum atomic E-state index is 12.7. The first-order valence-corrected chi connectivity index (χ1v) is 8.61. The molecule has 2 rings (SSSR count). The topological polar surface area (TPSA) is 38.3 Å². The highest BCUT2D eigenvalue weighted by molar-refractivity contribution is 5.94. The van der Waals surface area contributed by atoms with Gasteiger partial charge >= 0.3 is 0 Å². The van der Waals surface area contributed by atoms with Crippen LogP contribution in [0.15, 0.2) is 42.5 Å². The zero-order valence-corrected chi connectivity index (χ0v) is 15.1. The van der Waals surface area contributed by atoms with Gasteiger partial charge in [0.2, 0.25) is 0 Å². The van der Waals surface area contributed by atoms with Crippen molar-refractivity contribution in [3.63, 3.8) is 0 Å². The molecule has 0 aliphatic carbocycles. The lowest BCUT2D eigenvalue weighted by atomic mass is 10.1. The summed E-state index contributed by atoms with van der Waals surface area (Å²) in [6.45, 7) is 8.19. The van der Waals surface area contributed by atoms with E-state index in [1.807, 2.05) is 50.2 Å². The third-order valence-corrected chi connectivity index (χ3v) is 4.00. The third-order valence-electron chi connectivity index (χ3n) is 4.00. The maximum Gasteiger partial charge on any atom is 0.265 e. The lowest BCUT2D eigenvalue weighted by Crippen LogP contribution is -2.33. The van der Waals surface area contributed by atoms with Crippen LogP contribution >= 0.6 is 0 Å². The van der Waals surface area contributed by atoms with Gasteiger partial charge in [-0.1, -0.05) is 43.2 Å². The zero-order valence-electron chi connectivity index (χ0n) is 15.1. The largest absolute Gasteiger partial charge is 0.480 e. The van der Waals surface area contributed by atoms with Crippen molar-refractivity contribution in [3.8, 4) is 5.75 Å². The van der Waals surface area contributed by atoms with Crippen molar-refractivity contribution < 1.29 is 9.53 Å². The molecule has 0 heterocycles. The van der Waals surface area contributed by atoms with Crippen molar-refractivity contribution in [2.45, 2.75) is 53.1 Å². The maximum absolute atomic E-state index is 12.7. The van der Waals surface area contributed by atoms with Gasteiger partial charge in [-0.2, -0.15) is 0 Å². The Morgan fingerprint density at radius 1 is 1.08 bits per heavy atom. The number of nitrogens with one attached hydrogen (secondary N) is 1. The Morgan fingerprint density at radius 3 is 2.50 bits per heavy atom. The van der Waals surface area contributed by atoms with Crippen LogP contribution in [0.3, 0.4) is 0 Å². The zero-order chi connectivity index (χ0) is 17.5. The molecule has 0 fully saturated rings. The molecular formula is C21H27NO2. The highest BCUT2D eigenvalue weighted by Crippen LogP contribution is 2.22. The number of rotatable bonds is 7. The fourth-order valence-electron chi connectivity index (χ4n) is 2.66. The molecule has 1 amide bonds. The highest BCUT2D eigenvalue weighted by Gasteiger charge is 2.21. The number of carbonyl (C=O) groups is 1. The number of amides is 1. The quantitative estimate of drug-likeness (QED) is 0.761. The predicted octanol–water partition coefficient (Wildman–Crippen LogP) is 5.19. The molecule has 0 aliphatic heterocycles. The first kappa shape index (κ1) is 18.1. The van der Waals surface area contributed by atoms with Crippen molar-refractivity contribution in [1.82, 2.24) is 0 Å². The van der Waals surface area contributed by atoms with E-state index in [-0.39, 0.29) is 5.91 Å². The van der Waals surface area contributed by atoms with E-state index in [0.717, 1.165) is 35.4 Å². The van der Waals surface area contributed by atoms with Crippen molar-refractivity contribution >= 4 is 11.6 Å². The summed E-state index contributed by atoms with van der Waals surface area (Å²) in [6.07, 6.45) is 2.22. The van der Waals surface area contributed by atoms with Gasteiger partial charge in [0.15, 0.2) is 6.10 Å². The highest BCUT2D eigenvalue weighted by atomic mass is 16.5. The molecule has 1 unspecified atom stereocenters. The number of aryl methyl sites for hydroxylation is 3. The summed E-state index contributed by atoms with van der Waals surface area (Å²) in [4.78, 5) is 12.7. The van der Waals surface area contributed by atoms with E-state index in [2.05, 4.69) is 25.2 Å². The van der Waals surface area contributed by atoms with Crippen molar-refractivity contribution in [2.24, 2.45) is 0 Å². The molecule has 0 spiro atoms. The van der Waals surface area contributed by atoms with Gasteiger partial charge in [0.25, 0.3) is 5.91 Å². The van der Waals surface area contributed by atoms with Crippen LogP contribution < -0.4 is 10.1 Å². The van der Waals surface area contributed by atoms with Crippen LogP contribution in [0.4, 0.5) is 5.69 Å². The van der Waals surface area contributed by atoms with E-state index in [0.29, 0.717) is 6.42 Å². The molecule has 2 aromatic rings. The van der Waals surface area contributed by atoms with Crippen LogP contribution in [0.2, 0.25) is 0 Å². The fraction of sp³-hybridized carbons (Fsp3) is 0.381. The van der Waals surface area contributed by atoms with Crippen LogP contribution in [0.25, 0.3) is 0 Å². The van der Waals surface area contributed by atoms with E-state index in [9.17, 15) is 4.79 Å². The molecule has 3 nitrogen and oxygen atoms in total. The van der Waals surface area contributed by atoms with Crippen LogP contribution in [0.5, 0.6) is 5.75 Å². The summed E-state index contributed by atoms with van der Waals surface area (Å²) in [5.41, 5.74) is 4.17. The Balaban J connectivity index is 2.12. The summed E-state index contributed by atoms with van der Waals surface area (Å²) in [7, 11) is 0. The average molecular weight is 325 g/mol. The fourth-order valence-corrected chi connectivity index (χ4v) is 2.66. The monoisotopic (exact) mass is 325 g/mol. The van der Waals surface area contributed by atoms with Crippen LogP contribution in [0, 0.1) is 20.8 Å². The second-order valence-corrected chi connectivity index (χ2v) is 6.38. The molecule has 0 aliphatic rings. The number of hydrogen-bond acceptors (Lipinski definition) is 2. The van der Waals surface area contributed by atoms with Crippen LogP contribution in [-0.2, 0) is 4.79 Å². The van der Waals surface area contributed by atoms with E-state index in [4.69, 9.17) is 4.74 Å². The van der Waals surface area contributed by atoms with Crippen molar-refractivity contribution in [1.29, 1.82) is 0 Å². The van der Waals surface area contributed by atoms with E-state index in [1.54, 1.807) is 0 Å². The van der Waals surface area contributed by atoms with E-state index in [1.165, 1.54) is 5.56 Å². The van der Waals surface area contributed by atoms with Gasteiger partial charge in [-0.3, -0.25) is 4.79 Å². The Hall–Kier alpha value is -2.29. The summed E-state index contributed by atoms with van der Waals surface area (Å²) in [5.74, 6) is 0.690. The lowest BCUT2D eigenvalue weighted by molar-refractivity contribution is -0.123. The molecule has 1 atom stereocenters. The first-order valence-electron chi connectivity index (χ1n) is 8.61. The van der Waals surface area contributed by atoms with Gasteiger partial charge in [0, 0.05) is 5.69 Å². The minimum atomic E-state index is -0.480. The summed E-state index contributed by atoms with van der Waals surface area (Å²) < 4.78 is 6.05. The smallest absolute Gasteiger partial charge is 0.265 e. The Morgan fingerprint density at radius 2 is 1.83 bits per heavy atom. The molecule has 0 saturated carbocycles. The molecule has 0 aromatic heterocycles. The normalized spacial score (nSPS) is 11.8. The molecule has 24 heavy (non-hydrogen) atoms. The predicted molar refractivity (Wildman–Crippen MR) is 99.7 cm³/mol. The number of carbonyl (C=O) groups excluding carboxylic acids is 1. The molecule has 1 N–H and O–H groups in total. The van der Waals surface area contributed by atoms with Gasteiger partial charge in [0.05, 0.1) is 0 Å². The number of hydrogen-bond donors (Lipinski definition) is 1. The molecule has 0 radical (unpaired) electrons. The summed E-state index contributed by atoms with van der Waals surface area (Å²) in [6, 6.07) is 13.9. The van der Waals surface area contributed by atoms with Crippen LogP contribution in [-0.4, -0.2) is 12.0 Å². The standard InChI is InChI=1S/C21H27NO2/c1-5-6-10-20(24-19-12-11-16(3)13-17(19)4)21(23)22-18-9-7-8-15(2)14-18/h7-9,11-14,20H,5-6,10H2,1-4H3,(H,22,23). The minimum Gasteiger partial charge on any atom is -0.480 e. The second-order valence-electron chi connectivity index (χ2n) is 6.38. The average Bonchev–Trinajstić information content (AvgIpc) is 2.53. The summed E-state index contributed by atoms with van der Waals surface area (Å²) in [5, 5.41) is 2.98. The molecule has 128 valence electrons. The number of unbranched alkanes of at least 4 members (excludes halogenated alkanes) is 1. The van der Waals surface area contributed by atoms with E-state index >= 15 is 0 Å². The SMILES string of the molecule is CCCCC(Oc1ccc(C)cc1C)C(=O)Nc1cccc(C)c1. The molecule has 0 bridgehead atoms. The molecule has 0 saturated heterocycles. The van der Waals surface area contributed by atoms with Gasteiger partial charge in [0.1, 0.15) is 5.75 Å². The summed E-state index contributed by atoms with van der Waals surface area (Å²) >= 11 is 0. The Kier molecular flexibility index (Phi) is 6.42. The number of benzene rings is 2. The second kappa shape index (κ2) is 8.53. The lowest BCUT2D eigenvalue weighted by Gasteiger charge is -2.20. The molecule has 3 heteroatoms. The molecular weight excluding hydrogens is 298 g/mol. The van der Waals surface area contributed by atoms with E-state index < -0.39 is 6.10 Å². The molecule has 2 aromatic carbocycles. The number of anilines is 1.